The molecule has 0 aliphatic carbocycles. The molecule has 6 nitrogen and oxygen atoms in total. The Morgan fingerprint density at radius 2 is 1.00 bits per heavy atom. The molecule has 3 rings (SSSR count). The zero-order valence-corrected chi connectivity index (χ0v) is 13.3. The first kappa shape index (κ1) is 15.9. The van der Waals surface area contributed by atoms with Gasteiger partial charge in [-0.25, -0.2) is 0 Å². The summed E-state index contributed by atoms with van der Waals surface area (Å²) in [5.74, 6) is -0.196. The van der Waals surface area contributed by atoms with E-state index in [1.807, 2.05) is 0 Å². The van der Waals surface area contributed by atoms with Crippen molar-refractivity contribution in [1.82, 2.24) is 9.80 Å². The lowest BCUT2D eigenvalue weighted by atomic mass is 10.1. The Hall–Kier alpha value is -3.02. The van der Waals surface area contributed by atoms with Gasteiger partial charge in [0.1, 0.15) is 0 Å². The number of amides is 2. The van der Waals surface area contributed by atoms with Gasteiger partial charge in [-0.05, 0) is 24.3 Å². The van der Waals surface area contributed by atoms with E-state index < -0.39 is 0 Å². The molecular formula is C18H20N4O2. The van der Waals surface area contributed by atoms with Gasteiger partial charge in [0.05, 0.1) is 11.1 Å². The third-order valence-corrected chi connectivity index (χ3v) is 4.24. The molecule has 124 valence electrons. The van der Waals surface area contributed by atoms with Crippen LogP contribution in [0.15, 0.2) is 48.5 Å². The molecule has 1 aliphatic heterocycles. The molecule has 0 bridgehead atoms. The lowest BCUT2D eigenvalue weighted by molar-refractivity contribution is 0.0536. The number of carbonyl (C=O) groups is 2. The fourth-order valence-corrected chi connectivity index (χ4v) is 2.84. The summed E-state index contributed by atoms with van der Waals surface area (Å²) in [7, 11) is 0. The summed E-state index contributed by atoms with van der Waals surface area (Å²) < 4.78 is 0. The molecule has 0 aromatic heterocycles. The highest BCUT2D eigenvalue weighted by Crippen LogP contribution is 2.18. The van der Waals surface area contributed by atoms with Crippen LogP contribution in [-0.2, 0) is 0 Å². The number of benzene rings is 2. The topological polar surface area (TPSA) is 92.7 Å². The summed E-state index contributed by atoms with van der Waals surface area (Å²) in [5, 5.41) is 0. The lowest BCUT2D eigenvalue weighted by Crippen LogP contribution is -2.50. The first-order valence-electron chi connectivity index (χ1n) is 7.85. The van der Waals surface area contributed by atoms with Crippen LogP contribution in [0, 0.1) is 0 Å². The maximum Gasteiger partial charge on any atom is 0.256 e. The van der Waals surface area contributed by atoms with Crippen LogP contribution in [0.3, 0.4) is 0 Å². The monoisotopic (exact) mass is 324 g/mol. The Labute approximate surface area is 140 Å². The third-order valence-electron chi connectivity index (χ3n) is 4.24. The SMILES string of the molecule is Nc1ccccc1C(=O)N1CCN(C(=O)c2ccccc2N)CC1. The van der Waals surface area contributed by atoms with Crippen molar-refractivity contribution in [2.75, 3.05) is 37.6 Å². The van der Waals surface area contributed by atoms with E-state index >= 15 is 0 Å². The van der Waals surface area contributed by atoms with Crippen LogP contribution < -0.4 is 11.5 Å². The number of rotatable bonds is 2. The van der Waals surface area contributed by atoms with Crippen molar-refractivity contribution in [3.8, 4) is 0 Å². The molecule has 2 aromatic carbocycles. The number of carbonyl (C=O) groups excluding carboxylic acids is 2. The van der Waals surface area contributed by atoms with E-state index in [2.05, 4.69) is 0 Å². The predicted octanol–water partition coefficient (Wildman–Crippen LogP) is 1.45. The van der Waals surface area contributed by atoms with E-state index in [0.717, 1.165) is 0 Å². The molecular weight excluding hydrogens is 304 g/mol. The molecule has 1 aliphatic rings. The van der Waals surface area contributed by atoms with Gasteiger partial charge in [-0.3, -0.25) is 9.59 Å². The van der Waals surface area contributed by atoms with E-state index in [1.54, 1.807) is 58.3 Å². The van der Waals surface area contributed by atoms with Crippen molar-refractivity contribution in [1.29, 1.82) is 0 Å². The van der Waals surface area contributed by atoms with Gasteiger partial charge in [0.25, 0.3) is 11.8 Å². The molecule has 1 fully saturated rings. The van der Waals surface area contributed by atoms with Crippen LogP contribution in [0.1, 0.15) is 20.7 Å². The van der Waals surface area contributed by atoms with Gasteiger partial charge in [0.2, 0.25) is 0 Å². The third kappa shape index (κ3) is 3.03. The van der Waals surface area contributed by atoms with E-state index in [1.165, 1.54) is 0 Å². The van der Waals surface area contributed by atoms with Crippen LogP contribution in [-0.4, -0.2) is 47.8 Å². The second-order valence-electron chi connectivity index (χ2n) is 5.76. The smallest absolute Gasteiger partial charge is 0.256 e. The highest BCUT2D eigenvalue weighted by molar-refractivity contribution is 6.00. The van der Waals surface area contributed by atoms with Crippen molar-refractivity contribution in [3.63, 3.8) is 0 Å². The predicted molar refractivity (Wildman–Crippen MR) is 93.5 cm³/mol. The van der Waals surface area contributed by atoms with Gasteiger partial charge < -0.3 is 21.3 Å². The van der Waals surface area contributed by atoms with Crippen molar-refractivity contribution in [2.45, 2.75) is 0 Å². The minimum Gasteiger partial charge on any atom is -0.398 e. The van der Waals surface area contributed by atoms with Crippen molar-refractivity contribution < 1.29 is 9.59 Å². The average Bonchev–Trinajstić information content (AvgIpc) is 2.61. The standard InChI is InChI=1S/C18H20N4O2/c19-15-7-3-1-5-13(15)17(23)21-9-11-22(12-10-21)18(24)14-6-2-4-8-16(14)20/h1-8H,9-12,19-20H2. The molecule has 0 radical (unpaired) electrons. The number of hydrogen-bond donors (Lipinski definition) is 2. The Morgan fingerprint density at radius 3 is 1.33 bits per heavy atom. The molecule has 24 heavy (non-hydrogen) atoms. The minimum atomic E-state index is -0.0978. The zero-order valence-electron chi connectivity index (χ0n) is 13.3. The fraction of sp³-hybridized carbons (Fsp3) is 0.222. The first-order chi connectivity index (χ1) is 11.6. The van der Waals surface area contributed by atoms with Crippen molar-refractivity contribution in [3.05, 3.63) is 59.7 Å². The second-order valence-corrected chi connectivity index (χ2v) is 5.76. The fourth-order valence-electron chi connectivity index (χ4n) is 2.84. The van der Waals surface area contributed by atoms with Gasteiger partial charge in [-0.2, -0.15) is 0 Å². The number of para-hydroxylation sites is 2. The van der Waals surface area contributed by atoms with Crippen LogP contribution in [0.2, 0.25) is 0 Å². The number of nitrogens with zero attached hydrogens (tertiary/aromatic N) is 2. The summed E-state index contributed by atoms with van der Waals surface area (Å²) in [5.41, 5.74) is 13.7. The Balaban J connectivity index is 1.66. The number of hydrogen-bond acceptors (Lipinski definition) is 4. The Bertz CT molecular complexity index is 702. The Kier molecular flexibility index (Phi) is 4.37. The van der Waals surface area contributed by atoms with Crippen LogP contribution in [0.5, 0.6) is 0 Å². The van der Waals surface area contributed by atoms with Gasteiger partial charge in [-0.15, -0.1) is 0 Å². The molecule has 6 heteroatoms. The number of nitrogen functional groups attached to an aromatic ring is 2. The zero-order chi connectivity index (χ0) is 17.1. The normalized spacial score (nSPS) is 14.5. The number of anilines is 2. The minimum absolute atomic E-state index is 0.0978. The molecule has 1 saturated heterocycles. The average molecular weight is 324 g/mol. The van der Waals surface area contributed by atoms with Gasteiger partial charge in [-0.1, -0.05) is 24.3 Å². The van der Waals surface area contributed by atoms with Gasteiger partial charge in [0, 0.05) is 37.6 Å². The summed E-state index contributed by atoms with van der Waals surface area (Å²) in [6.07, 6.45) is 0. The summed E-state index contributed by atoms with van der Waals surface area (Å²) >= 11 is 0. The van der Waals surface area contributed by atoms with Crippen LogP contribution in [0.25, 0.3) is 0 Å². The molecule has 0 atom stereocenters. The quantitative estimate of drug-likeness (QED) is 0.818. The van der Waals surface area contributed by atoms with E-state index in [0.29, 0.717) is 48.7 Å². The molecule has 0 spiro atoms. The molecule has 2 aromatic rings. The van der Waals surface area contributed by atoms with Crippen molar-refractivity contribution in [2.24, 2.45) is 0 Å². The van der Waals surface area contributed by atoms with Crippen LogP contribution in [0.4, 0.5) is 11.4 Å². The molecule has 2 amide bonds. The largest absolute Gasteiger partial charge is 0.398 e. The maximum absolute atomic E-state index is 12.5. The molecule has 0 saturated carbocycles. The maximum atomic E-state index is 12.5. The highest BCUT2D eigenvalue weighted by atomic mass is 16.2. The Morgan fingerprint density at radius 1 is 0.667 bits per heavy atom. The molecule has 1 heterocycles. The number of nitrogens with two attached hydrogens (primary N) is 2. The lowest BCUT2D eigenvalue weighted by Gasteiger charge is -2.35. The summed E-state index contributed by atoms with van der Waals surface area (Å²) in [6, 6.07) is 14.1. The molecule has 4 N–H and O–H groups in total. The van der Waals surface area contributed by atoms with E-state index in [-0.39, 0.29) is 11.8 Å². The summed E-state index contributed by atoms with van der Waals surface area (Å²) in [6.45, 7) is 1.91. The number of piperazine rings is 1. The second kappa shape index (κ2) is 6.62. The first-order valence-corrected chi connectivity index (χ1v) is 7.85. The van der Waals surface area contributed by atoms with Gasteiger partial charge in [0.15, 0.2) is 0 Å². The van der Waals surface area contributed by atoms with Gasteiger partial charge >= 0.3 is 0 Å². The molecule has 0 unspecified atom stereocenters. The van der Waals surface area contributed by atoms with Crippen molar-refractivity contribution >= 4 is 23.2 Å². The van der Waals surface area contributed by atoms with Crippen LogP contribution >= 0.6 is 0 Å². The van der Waals surface area contributed by atoms with E-state index in [4.69, 9.17) is 11.5 Å². The highest BCUT2D eigenvalue weighted by Gasteiger charge is 2.26. The van der Waals surface area contributed by atoms with E-state index in [9.17, 15) is 9.59 Å². The summed E-state index contributed by atoms with van der Waals surface area (Å²) in [4.78, 5) is 28.5.